The Balaban J connectivity index is 2.23. The lowest BCUT2D eigenvalue weighted by atomic mass is 9.81. The molecule has 1 heterocycles. The summed E-state index contributed by atoms with van der Waals surface area (Å²) < 4.78 is 20.2. The maximum atomic E-state index is 6.81. The van der Waals surface area contributed by atoms with Gasteiger partial charge in [0.15, 0.2) is 0 Å². The summed E-state index contributed by atoms with van der Waals surface area (Å²) in [6, 6.07) is 14.8. The number of aryl methyl sites for hydroxylation is 4. The zero-order valence-electron chi connectivity index (χ0n) is 23.8. The molecular formula is C32H41O3P. The van der Waals surface area contributed by atoms with Crippen LogP contribution in [0.15, 0.2) is 50.9 Å². The standard InChI is InChI=1S/C32H41O3P/c1-19-17-25(31(6,7)8)29-27(21(19)3)28-22(4)20(2)18-26(32(9,10)11)30(28)35-36(34-29)33-23(5)24-15-13-12-14-16-24/h12-18,23H,1-11H3/t23-/m0/s1. The van der Waals surface area contributed by atoms with Gasteiger partial charge in [-0.25, -0.2) is 0 Å². The molecule has 4 rings (SSSR count). The molecule has 0 spiro atoms. The molecule has 0 aliphatic carbocycles. The summed E-state index contributed by atoms with van der Waals surface area (Å²) >= 11 is 0. The molecule has 0 saturated heterocycles. The topological polar surface area (TPSA) is 35.5 Å². The Hall–Kier alpha value is -2.48. The second-order valence-electron chi connectivity index (χ2n) is 12.2. The van der Waals surface area contributed by atoms with Gasteiger partial charge in [-0.05, 0) is 73.3 Å². The Labute approximate surface area is 217 Å². The molecule has 0 amide bonds. The molecule has 0 aliphatic rings. The number of benzene rings is 3. The van der Waals surface area contributed by atoms with Crippen LogP contribution in [0, 0.1) is 27.7 Å². The van der Waals surface area contributed by atoms with E-state index in [0.29, 0.717) is 0 Å². The van der Waals surface area contributed by atoms with E-state index in [9.17, 15) is 0 Å². The van der Waals surface area contributed by atoms with Crippen molar-refractivity contribution in [2.75, 3.05) is 0 Å². The average Bonchev–Trinajstić information content (AvgIpc) is 2.95. The van der Waals surface area contributed by atoms with Gasteiger partial charge >= 0.3 is 8.24 Å². The fraction of sp³-hybridized carbons (Fsp3) is 0.438. The summed E-state index contributed by atoms with van der Waals surface area (Å²) in [7, 11) is -1.71. The van der Waals surface area contributed by atoms with Crippen LogP contribution in [0.2, 0.25) is 0 Å². The molecule has 36 heavy (non-hydrogen) atoms. The van der Waals surface area contributed by atoms with Crippen molar-refractivity contribution in [2.45, 2.75) is 93.1 Å². The fourth-order valence-corrected chi connectivity index (χ4v) is 6.00. The molecule has 0 radical (unpaired) electrons. The molecule has 0 fully saturated rings. The fourth-order valence-electron chi connectivity index (χ4n) is 4.82. The Bertz CT molecular complexity index is 1380. The third-order valence-corrected chi connectivity index (χ3v) is 8.46. The van der Waals surface area contributed by atoms with Crippen molar-refractivity contribution >= 4 is 30.2 Å². The van der Waals surface area contributed by atoms with Crippen LogP contribution in [0.5, 0.6) is 0 Å². The van der Waals surface area contributed by atoms with Crippen molar-refractivity contribution in [1.29, 1.82) is 0 Å². The first-order valence-corrected chi connectivity index (χ1v) is 14.0. The number of hydrogen-bond acceptors (Lipinski definition) is 3. The molecule has 4 aromatic rings. The van der Waals surface area contributed by atoms with Crippen molar-refractivity contribution in [3.8, 4) is 0 Å². The van der Waals surface area contributed by atoms with Gasteiger partial charge in [-0.15, -0.1) is 0 Å². The third kappa shape index (κ3) is 4.89. The van der Waals surface area contributed by atoms with Crippen LogP contribution in [0.3, 0.4) is 0 Å². The minimum atomic E-state index is -1.71. The monoisotopic (exact) mass is 504 g/mol. The molecule has 1 atom stereocenters. The molecule has 1 aromatic heterocycles. The molecule has 3 aromatic carbocycles. The molecule has 3 nitrogen and oxygen atoms in total. The molecule has 4 heteroatoms. The molecule has 0 saturated carbocycles. The first-order chi connectivity index (χ1) is 16.7. The van der Waals surface area contributed by atoms with Crippen LogP contribution in [0.1, 0.15) is 93.5 Å². The van der Waals surface area contributed by atoms with E-state index in [1.807, 2.05) is 18.2 Å². The van der Waals surface area contributed by atoms with Crippen molar-refractivity contribution < 1.29 is 12.9 Å². The Kier molecular flexibility index (Phi) is 6.97. The summed E-state index contributed by atoms with van der Waals surface area (Å²) in [5.74, 6) is 0. The van der Waals surface area contributed by atoms with Gasteiger partial charge in [-0.3, -0.25) is 4.52 Å². The maximum absolute atomic E-state index is 6.81. The van der Waals surface area contributed by atoms with Crippen molar-refractivity contribution in [3.05, 3.63) is 81.4 Å². The van der Waals surface area contributed by atoms with E-state index < -0.39 is 8.24 Å². The van der Waals surface area contributed by atoms with Crippen molar-refractivity contribution in [3.63, 3.8) is 0 Å². The van der Waals surface area contributed by atoms with E-state index in [-0.39, 0.29) is 16.9 Å². The second kappa shape index (κ2) is 9.43. The Morgan fingerprint density at radius 1 is 0.694 bits per heavy atom. The van der Waals surface area contributed by atoms with Crippen LogP contribution >= 0.6 is 8.24 Å². The molecular weight excluding hydrogens is 463 g/mol. The van der Waals surface area contributed by atoms with E-state index in [1.165, 1.54) is 33.4 Å². The van der Waals surface area contributed by atoms with Crippen LogP contribution in [-0.4, -0.2) is 0 Å². The summed E-state index contributed by atoms with van der Waals surface area (Å²) in [5, 5.41) is 2.28. The van der Waals surface area contributed by atoms with E-state index >= 15 is 0 Å². The van der Waals surface area contributed by atoms with Crippen LogP contribution < -0.4 is 4.52 Å². The Morgan fingerprint density at radius 3 is 1.50 bits per heavy atom. The number of hydrogen-bond donors (Lipinski definition) is 0. The highest BCUT2D eigenvalue weighted by atomic mass is 31.1. The maximum Gasteiger partial charge on any atom is 0.388 e. The van der Waals surface area contributed by atoms with E-state index in [0.717, 1.165) is 27.5 Å². The first-order valence-electron chi connectivity index (χ1n) is 12.9. The van der Waals surface area contributed by atoms with E-state index in [4.69, 9.17) is 12.9 Å². The largest absolute Gasteiger partial charge is 0.399 e. The predicted molar refractivity (Wildman–Crippen MR) is 154 cm³/mol. The van der Waals surface area contributed by atoms with Gasteiger partial charge in [0, 0.05) is 21.9 Å². The zero-order valence-corrected chi connectivity index (χ0v) is 24.7. The van der Waals surface area contributed by atoms with Crippen LogP contribution in [-0.2, 0) is 10.8 Å². The lowest BCUT2D eigenvalue weighted by Gasteiger charge is -2.23. The summed E-state index contributed by atoms with van der Waals surface area (Å²) in [6.45, 7) is 24.3. The van der Waals surface area contributed by atoms with Gasteiger partial charge in [-0.1, -0.05) is 84.0 Å². The highest BCUT2D eigenvalue weighted by molar-refractivity contribution is 7.31. The van der Waals surface area contributed by atoms with Gasteiger partial charge in [0.1, 0.15) is 11.2 Å². The van der Waals surface area contributed by atoms with E-state index in [1.54, 1.807) is 0 Å². The quantitative estimate of drug-likeness (QED) is 0.278. The van der Waals surface area contributed by atoms with Crippen molar-refractivity contribution in [2.24, 2.45) is 0 Å². The number of fused-ring (bicyclic) bond motifs is 3. The lowest BCUT2D eigenvalue weighted by Crippen LogP contribution is -2.13. The SMILES string of the molecule is Cc1cc(C(C)(C)C)c2op(O[C@@H](C)c3ccccc3)oc3c(C(C)(C)C)cc(C)c(C)c3c2c1C. The normalized spacial score (nSPS) is 13.4. The third-order valence-electron chi connectivity index (χ3n) is 7.31. The lowest BCUT2D eigenvalue weighted by molar-refractivity contribution is 0.285. The minimum absolute atomic E-state index is 0.107. The Morgan fingerprint density at radius 2 is 1.11 bits per heavy atom. The van der Waals surface area contributed by atoms with Gasteiger partial charge in [-0.2, -0.15) is 0 Å². The predicted octanol–water partition coefficient (Wildman–Crippen LogP) is 10.3. The van der Waals surface area contributed by atoms with Gasteiger partial charge in [0.2, 0.25) is 0 Å². The average molecular weight is 505 g/mol. The highest BCUT2D eigenvalue weighted by Crippen LogP contribution is 2.46. The van der Waals surface area contributed by atoms with E-state index in [2.05, 4.69) is 100 Å². The van der Waals surface area contributed by atoms with Gasteiger partial charge in [0.05, 0.1) is 6.10 Å². The molecule has 0 aliphatic heterocycles. The summed E-state index contributed by atoms with van der Waals surface area (Å²) in [6.07, 6.45) is -0.170. The molecule has 0 N–H and O–H groups in total. The summed E-state index contributed by atoms with van der Waals surface area (Å²) in [5.41, 5.74) is 10.0. The molecule has 0 unspecified atom stereocenters. The smallest absolute Gasteiger partial charge is 0.388 e. The molecule has 0 bridgehead atoms. The zero-order chi connectivity index (χ0) is 26.6. The number of rotatable bonds is 3. The summed E-state index contributed by atoms with van der Waals surface area (Å²) in [4.78, 5) is 0. The van der Waals surface area contributed by atoms with Gasteiger partial charge in [0.25, 0.3) is 0 Å². The second-order valence-corrected chi connectivity index (χ2v) is 13.2. The highest BCUT2D eigenvalue weighted by Gasteiger charge is 2.27. The minimum Gasteiger partial charge on any atom is -0.399 e. The molecule has 192 valence electrons. The first kappa shape index (κ1) is 26.6. The van der Waals surface area contributed by atoms with Crippen molar-refractivity contribution in [1.82, 2.24) is 0 Å². The van der Waals surface area contributed by atoms with Crippen LogP contribution in [0.25, 0.3) is 21.9 Å². The van der Waals surface area contributed by atoms with Crippen LogP contribution in [0.4, 0.5) is 0 Å². The van der Waals surface area contributed by atoms with Gasteiger partial charge < -0.3 is 8.39 Å².